The van der Waals surface area contributed by atoms with Crippen LogP contribution in [0.1, 0.15) is 29.8 Å². The number of nitrogens with one attached hydrogen (secondary N) is 2. The van der Waals surface area contributed by atoms with E-state index >= 15 is 0 Å². The lowest BCUT2D eigenvalue weighted by Gasteiger charge is -2.16. The van der Waals surface area contributed by atoms with Crippen molar-refractivity contribution in [2.45, 2.75) is 26.1 Å². The van der Waals surface area contributed by atoms with Gasteiger partial charge in [0.25, 0.3) is 0 Å². The summed E-state index contributed by atoms with van der Waals surface area (Å²) < 4.78 is 5.98. The summed E-state index contributed by atoms with van der Waals surface area (Å²) in [5.74, 6) is 0.888. The van der Waals surface area contributed by atoms with E-state index in [1.807, 2.05) is 24.3 Å². The Hall–Kier alpha value is -3.56. The molecular weight excluding hydrogens is 380 g/mol. The fourth-order valence-electron chi connectivity index (χ4n) is 4.10. The van der Waals surface area contributed by atoms with Gasteiger partial charge in [0.1, 0.15) is 12.4 Å². The largest absolute Gasteiger partial charge is 0.489 e. The van der Waals surface area contributed by atoms with Crippen LogP contribution in [-0.2, 0) is 13.2 Å². The zero-order valence-electron chi connectivity index (χ0n) is 17.6. The van der Waals surface area contributed by atoms with Crippen molar-refractivity contribution in [3.8, 4) is 5.75 Å². The molecule has 4 aromatic carbocycles. The molecule has 1 unspecified atom stereocenters. The molecule has 154 valence electrons. The van der Waals surface area contributed by atoms with Crippen LogP contribution in [0.15, 0.2) is 97.1 Å². The smallest absolute Gasteiger partial charge is 0.120 e. The van der Waals surface area contributed by atoms with Gasteiger partial charge in [-0.2, -0.15) is 0 Å². The molecule has 0 radical (unpaired) electrons. The Balaban J connectivity index is 1.27. The maximum atomic E-state index is 5.98. The third-order valence-corrected chi connectivity index (χ3v) is 5.78. The molecule has 0 spiro atoms. The summed E-state index contributed by atoms with van der Waals surface area (Å²) in [7, 11) is 0. The lowest BCUT2D eigenvalue weighted by molar-refractivity contribution is 0.306. The van der Waals surface area contributed by atoms with Crippen molar-refractivity contribution in [2.75, 3.05) is 0 Å². The van der Waals surface area contributed by atoms with Crippen molar-refractivity contribution in [1.82, 2.24) is 10.3 Å². The van der Waals surface area contributed by atoms with E-state index in [0.29, 0.717) is 6.61 Å². The Kier molecular flexibility index (Phi) is 5.42. The first-order chi connectivity index (χ1) is 15.3. The van der Waals surface area contributed by atoms with Crippen LogP contribution < -0.4 is 10.1 Å². The van der Waals surface area contributed by atoms with Gasteiger partial charge in [-0.15, -0.1) is 0 Å². The molecule has 0 aliphatic carbocycles. The number of H-pyrrole nitrogens is 1. The summed E-state index contributed by atoms with van der Waals surface area (Å²) in [6.07, 6.45) is 0. The molecule has 0 saturated carbocycles. The first-order valence-electron chi connectivity index (χ1n) is 10.8. The average Bonchev–Trinajstić information content (AvgIpc) is 3.24. The van der Waals surface area contributed by atoms with Gasteiger partial charge in [-0.3, -0.25) is 0 Å². The van der Waals surface area contributed by atoms with Gasteiger partial charge < -0.3 is 15.0 Å². The summed E-state index contributed by atoms with van der Waals surface area (Å²) in [5, 5.41) is 7.42. The Morgan fingerprint density at radius 1 is 0.806 bits per heavy atom. The molecule has 0 aliphatic rings. The van der Waals surface area contributed by atoms with E-state index in [4.69, 9.17) is 4.74 Å². The van der Waals surface area contributed by atoms with Gasteiger partial charge >= 0.3 is 0 Å². The monoisotopic (exact) mass is 406 g/mol. The molecule has 1 atom stereocenters. The zero-order chi connectivity index (χ0) is 21.0. The number of fused-ring (bicyclic) bond motifs is 2. The standard InChI is InChI=1S/C28H26N2O/c1-20(26-13-7-11-22-10-5-6-12-27(22)26)29-18-24-16-23-17-25(14-15-28(23)30-24)31-19-21-8-3-2-4-9-21/h2-17,20,29-30H,18-19H2,1H3. The van der Waals surface area contributed by atoms with Gasteiger partial charge in [0.05, 0.1) is 0 Å². The summed E-state index contributed by atoms with van der Waals surface area (Å²) in [5.41, 5.74) is 4.79. The Morgan fingerprint density at radius 3 is 2.52 bits per heavy atom. The summed E-state index contributed by atoms with van der Waals surface area (Å²) >= 11 is 0. The Bertz CT molecular complexity index is 1300. The van der Waals surface area contributed by atoms with Crippen LogP contribution in [-0.4, -0.2) is 4.98 Å². The number of benzene rings is 4. The Morgan fingerprint density at radius 2 is 1.61 bits per heavy atom. The quantitative estimate of drug-likeness (QED) is 0.314. The van der Waals surface area contributed by atoms with Crippen LogP contribution in [0.5, 0.6) is 5.75 Å². The fraction of sp³-hybridized carbons (Fsp3) is 0.143. The number of hydrogen-bond donors (Lipinski definition) is 2. The molecule has 3 heteroatoms. The van der Waals surface area contributed by atoms with E-state index in [1.54, 1.807) is 0 Å². The molecule has 3 nitrogen and oxygen atoms in total. The molecule has 0 aliphatic heterocycles. The van der Waals surface area contributed by atoms with Crippen LogP contribution in [0, 0.1) is 0 Å². The predicted molar refractivity (Wildman–Crippen MR) is 128 cm³/mol. The second kappa shape index (κ2) is 8.66. The first-order valence-corrected chi connectivity index (χ1v) is 10.8. The molecule has 0 fully saturated rings. The summed E-state index contributed by atoms with van der Waals surface area (Å²) in [4.78, 5) is 3.52. The highest BCUT2D eigenvalue weighted by atomic mass is 16.5. The van der Waals surface area contributed by atoms with Crippen LogP contribution in [0.3, 0.4) is 0 Å². The van der Waals surface area contributed by atoms with E-state index in [9.17, 15) is 0 Å². The second-order valence-corrected chi connectivity index (χ2v) is 7.99. The van der Waals surface area contributed by atoms with Crippen LogP contribution in [0.2, 0.25) is 0 Å². The van der Waals surface area contributed by atoms with Gasteiger partial charge in [0.15, 0.2) is 0 Å². The summed E-state index contributed by atoms with van der Waals surface area (Å²) in [6.45, 7) is 3.58. The van der Waals surface area contributed by atoms with Crippen molar-refractivity contribution in [3.05, 3.63) is 114 Å². The van der Waals surface area contributed by atoms with Gasteiger partial charge in [-0.25, -0.2) is 0 Å². The second-order valence-electron chi connectivity index (χ2n) is 7.99. The van der Waals surface area contributed by atoms with Crippen molar-refractivity contribution < 1.29 is 4.74 Å². The molecule has 2 N–H and O–H groups in total. The van der Waals surface area contributed by atoms with Crippen molar-refractivity contribution in [1.29, 1.82) is 0 Å². The van der Waals surface area contributed by atoms with Gasteiger partial charge in [-0.05, 0) is 53.1 Å². The number of ether oxygens (including phenoxy) is 1. The maximum absolute atomic E-state index is 5.98. The van der Waals surface area contributed by atoms with Gasteiger partial charge in [0, 0.05) is 29.2 Å². The molecule has 0 saturated heterocycles. The molecule has 1 aromatic heterocycles. The third-order valence-electron chi connectivity index (χ3n) is 5.78. The molecule has 0 amide bonds. The van der Waals surface area contributed by atoms with Crippen LogP contribution >= 0.6 is 0 Å². The van der Waals surface area contributed by atoms with E-state index in [1.165, 1.54) is 33.0 Å². The predicted octanol–water partition coefficient (Wildman–Crippen LogP) is 6.75. The third kappa shape index (κ3) is 4.32. The van der Waals surface area contributed by atoms with Crippen LogP contribution in [0.25, 0.3) is 21.7 Å². The first kappa shape index (κ1) is 19.4. The van der Waals surface area contributed by atoms with E-state index < -0.39 is 0 Å². The van der Waals surface area contributed by atoms with Crippen molar-refractivity contribution in [3.63, 3.8) is 0 Å². The highest BCUT2D eigenvalue weighted by Gasteiger charge is 2.10. The fourth-order valence-corrected chi connectivity index (χ4v) is 4.10. The number of hydrogen-bond acceptors (Lipinski definition) is 2. The summed E-state index contributed by atoms with van der Waals surface area (Å²) in [6, 6.07) is 34.0. The maximum Gasteiger partial charge on any atom is 0.120 e. The minimum atomic E-state index is 0.252. The Labute approximate surface area is 182 Å². The number of aromatic amines is 1. The molecule has 31 heavy (non-hydrogen) atoms. The van der Waals surface area contributed by atoms with Crippen LogP contribution in [0.4, 0.5) is 0 Å². The lowest BCUT2D eigenvalue weighted by Crippen LogP contribution is -2.18. The molecule has 5 aromatic rings. The highest BCUT2D eigenvalue weighted by Crippen LogP contribution is 2.25. The minimum Gasteiger partial charge on any atom is -0.489 e. The van der Waals surface area contributed by atoms with Gasteiger partial charge in [-0.1, -0.05) is 72.8 Å². The number of rotatable bonds is 7. The minimum absolute atomic E-state index is 0.252. The number of aromatic nitrogens is 1. The van der Waals surface area contributed by atoms with Gasteiger partial charge in [0.2, 0.25) is 0 Å². The van der Waals surface area contributed by atoms with E-state index in [2.05, 4.69) is 90.0 Å². The SMILES string of the molecule is CC(NCc1cc2cc(OCc3ccccc3)ccc2[nH]1)c1cccc2ccccc12. The molecule has 0 bridgehead atoms. The highest BCUT2D eigenvalue weighted by molar-refractivity contribution is 5.86. The molecule has 1 heterocycles. The zero-order valence-corrected chi connectivity index (χ0v) is 17.6. The normalized spacial score (nSPS) is 12.3. The average molecular weight is 407 g/mol. The topological polar surface area (TPSA) is 37.0 Å². The molecular formula is C28H26N2O. The van der Waals surface area contributed by atoms with E-state index in [0.717, 1.165) is 17.8 Å². The lowest BCUT2D eigenvalue weighted by atomic mass is 10.00. The van der Waals surface area contributed by atoms with E-state index in [-0.39, 0.29) is 6.04 Å². The van der Waals surface area contributed by atoms with Crippen molar-refractivity contribution in [2.24, 2.45) is 0 Å². The van der Waals surface area contributed by atoms with Crippen molar-refractivity contribution >= 4 is 21.7 Å². The molecule has 5 rings (SSSR count).